The fourth-order valence-corrected chi connectivity index (χ4v) is 1.60. The molecular weight excluding hydrogens is 223 g/mol. The van der Waals surface area contributed by atoms with Crippen LogP contribution in [0.5, 0.6) is 5.75 Å². The van der Waals surface area contributed by atoms with Gasteiger partial charge in [0.05, 0.1) is 16.7 Å². The number of hydrogen-bond acceptors (Lipinski definition) is 2. The number of aldehydes is 1. The molecule has 0 bridgehead atoms. The Labute approximate surface area is 92.8 Å². The smallest absolute Gasteiger partial charge is 0.156 e. The van der Waals surface area contributed by atoms with E-state index in [1.807, 2.05) is 6.92 Å². The average molecular weight is 233 g/mol. The molecule has 0 saturated heterocycles. The molecule has 14 heavy (non-hydrogen) atoms. The first-order valence-electron chi connectivity index (χ1n) is 4.26. The van der Waals surface area contributed by atoms with E-state index in [-0.39, 0.29) is 0 Å². The molecule has 0 fully saturated rings. The maximum atomic E-state index is 10.5. The van der Waals surface area contributed by atoms with Crippen molar-refractivity contribution in [2.75, 3.05) is 6.61 Å². The number of carbonyl (C=O) groups is 1. The molecule has 4 heteroatoms. The minimum atomic E-state index is 0.369. The molecule has 0 aliphatic rings. The van der Waals surface area contributed by atoms with Crippen LogP contribution in [0, 0.1) is 0 Å². The van der Waals surface area contributed by atoms with Crippen molar-refractivity contribution < 1.29 is 9.53 Å². The molecule has 1 aromatic rings. The summed E-state index contributed by atoms with van der Waals surface area (Å²) in [7, 11) is 0. The van der Waals surface area contributed by atoms with Gasteiger partial charge in [0.2, 0.25) is 0 Å². The number of ether oxygens (including phenoxy) is 1. The molecule has 2 nitrogen and oxygen atoms in total. The van der Waals surface area contributed by atoms with E-state index in [1.165, 1.54) is 12.1 Å². The first-order valence-corrected chi connectivity index (χ1v) is 5.01. The maximum absolute atomic E-state index is 10.5. The summed E-state index contributed by atoms with van der Waals surface area (Å²) < 4.78 is 5.34. The molecule has 0 spiro atoms. The first kappa shape index (κ1) is 11.3. The topological polar surface area (TPSA) is 26.3 Å². The normalized spacial score (nSPS) is 9.93. The lowest BCUT2D eigenvalue weighted by molar-refractivity contribution is 0.112. The predicted molar refractivity (Wildman–Crippen MR) is 57.6 cm³/mol. The molecule has 0 N–H and O–H groups in total. The van der Waals surface area contributed by atoms with Crippen molar-refractivity contribution in [3.63, 3.8) is 0 Å². The van der Waals surface area contributed by atoms with Crippen LogP contribution in [0.4, 0.5) is 0 Å². The van der Waals surface area contributed by atoms with Crippen LogP contribution >= 0.6 is 23.2 Å². The van der Waals surface area contributed by atoms with Crippen molar-refractivity contribution in [2.45, 2.75) is 13.3 Å². The minimum absolute atomic E-state index is 0.369. The molecule has 76 valence electrons. The molecule has 0 radical (unpaired) electrons. The Hall–Kier alpha value is -0.730. The molecule has 1 rings (SSSR count). The minimum Gasteiger partial charge on any atom is -0.490 e. The highest BCUT2D eigenvalue weighted by molar-refractivity contribution is 6.37. The monoisotopic (exact) mass is 232 g/mol. The van der Waals surface area contributed by atoms with Gasteiger partial charge in [-0.2, -0.15) is 0 Å². The summed E-state index contributed by atoms with van der Waals surface area (Å²) in [5.74, 6) is 0.445. The molecule has 0 aliphatic heterocycles. The Bertz CT molecular complexity index is 314. The van der Waals surface area contributed by atoms with Gasteiger partial charge in [0, 0.05) is 5.56 Å². The molecule has 0 saturated carbocycles. The van der Waals surface area contributed by atoms with Gasteiger partial charge in [0.25, 0.3) is 0 Å². The van der Waals surface area contributed by atoms with Crippen LogP contribution in [-0.4, -0.2) is 12.9 Å². The second-order valence-electron chi connectivity index (χ2n) is 2.78. The van der Waals surface area contributed by atoms with Gasteiger partial charge in [-0.25, -0.2) is 0 Å². The van der Waals surface area contributed by atoms with Gasteiger partial charge >= 0.3 is 0 Å². The van der Waals surface area contributed by atoms with Gasteiger partial charge in [-0.05, 0) is 18.6 Å². The van der Waals surface area contributed by atoms with Crippen molar-refractivity contribution in [3.8, 4) is 5.75 Å². The Morgan fingerprint density at radius 1 is 1.36 bits per heavy atom. The lowest BCUT2D eigenvalue weighted by atomic mass is 10.2. The zero-order valence-corrected chi connectivity index (χ0v) is 9.23. The van der Waals surface area contributed by atoms with Crippen molar-refractivity contribution in [2.24, 2.45) is 0 Å². The predicted octanol–water partition coefficient (Wildman–Crippen LogP) is 3.59. The summed E-state index contributed by atoms with van der Waals surface area (Å²) >= 11 is 11.8. The largest absolute Gasteiger partial charge is 0.490 e. The van der Waals surface area contributed by atoms with E-state index in [0.717, 1.165) is 6.42 Å². The highest BCUT2D eigenvalue weighted by Gasteiger charge is 2.08. The van der Waals surface area contributed by atoms with Crippen LogP contribution in [0.15, 0.2) is 12.1 Å². The fourth-order valence-electron chi connectivity index (χ4n) is 0.990. The Morgan fingerprint density at radius 3 is 2.36 bits per heavy atom. The van der Waals surface area contributed by atoms with E-state index in [4.69, 9.17) is 27.9 Å². The van der Waals surface area contributed by atoms with Gasteiger partial charge in [0.1, 0.15) is 6.29 Å². The summed E-state index contributed by atoms with van der Waals surface area (Å²) in [6.45, 7) is 2.54. The number of rotatable bonds is 4. The Balaban J connectivity index is 2.99. The average Bonchev–Trinajstić information content (AvgIpc) is 2.16. The van der Waals surface area contributed by atoms with Crippen molar-refractivity contribution >= 4 is 29.5 Å². The molecule has 0 amide bonds. The van der Waals surface area contributed by atoms with Crippen LogP contribution in [0.3, 0.4) is 0 Å². The lowest BCUT2D eigenvalue weighted by Gasteiger charge is -2.08. The highest BCUT2D eigenvalue weighted by Crippen LogP contribution is 2.33. The molecule has 0 atom stereocenters. The summed E-state index contributed by atoms with van der Waals surface area (Å²) in [5, 5.41) is 0.737. The number of hydrogen-bond donors (Lipinski definition) is 0. The van der Waals surface area contributed by atoms with Gasteiger partial charge in [-0.1, -0.05) is 30.1 Å². The third-order valence-corrected chi connectivity index (χ3v) is 2.17. The number of benzene rings is 1. The van der Waals surface area contributed by atoms with Crippen LogP contribution in [0.1, 0.15) is 23.7 Å². The van der Waals surface area contributed by atoms with Gasteiger partial charge in [0.15, 0.2) is 5.75 Å². The van der Waals surface area contributed by atoms with E-state index in [9.17, 15) is 4.79 Å². The van der Waals surface area contributed by atoms with E-state index >= 15 is 0 Å². The zero-order chi connectivity index (χ0) is 10.6. The third-order valence-electron chi connectivity index (χ3n) is 1.61. The van der Waals surface area contributed by atoms with Crippen molar-refractivity contribution in [1.82, 2.24) is 0 Å². The van der Waals surface area contributed by atoms with E-state index in [1.54, 1.807) is 0 Å². The number of halogens is 2. The lowest BCUT2D eigenvalue weighted by Crippen LogP contribution is -1.97. The van der Waals surface area contributed by atoms with E-state index in [2.05, 4.69) is 0 Å². The Kier molecular flexibility index (Phi) is 4.23. The second kappa shape index (κ2) is 5.23. The van der Waals surface area contributed by atoms with Crippen molar-refractivity contribution in [3.05, 3.63) is 27.7 Å². The fraction of sp³-hybridized carbons (Fsp3) is 0.300. The number of carbonyl (C=O) groups excluding carboxylic acids is 1. The second-order valence-corrected chi connectivity index (χ2v) is 3.59. The molecule has 0 aliphatic carbocycles. The zero-order valence-electron chi connectivity index (χ0n) is 7.72. The van der Waals surface area contributed by atoms with E-state index in [0.29, 0.717) is 34.3 Å². The van der Waals surface area contributed by atoms with Crippen LogP contribution in [0.2, 0.25) is 10.0 Å². The summed E-state index contributed by atoms with van der Waals surface area (Å²) in [6.07, 6.45) is 1.57. The molecule has 0 heterocycles. The summed E-state index contributed by atoms with van der Waals surface area (Å²) in [5.41, 5.74) is 0.448. The molecule has 0 unspecified atom stereocenters. The van der Waals surface area contributed by atoms with Crippen LogP contribution in [0.25, 0.3) is 0 Å². The third kappa shape index (κ3) is 2.63. The standard InChI is InChI=1S/C10H10Cl2O2/c1-2-3-14-10-8(11)4-7(6-13)5-9(10)12/h4-6H,2-3H2,1H3. The van der Waals surface area contributed by atoms with Crippen molar-refractivity contribution in [1.29, 1.82) is 0 Å². The van der Waals surface area contributed by atoms with Gasteiger partial charge in [-0.15, -0.1) is 0 Å². The summed E-state index contributed by atoms with van der Waals surface area (Å²) in [4.78, 5) is 10.5. The van der Waals surface area contributed by atoms with E-state index < -0.39 is 0 Å². The molecular formula is C10H10Cl2O2. The van der Waals surface area contributed by atoms with Gasteiger partial charge in [-0.3, -0.25) is 4.79 Å². The first-order chi connectivity index (χ1) is 6.69. The highest BCUT2D eigenvalue weighted by atomic mass is 35.5. The Morgan fingerprint density at radius 2 is 1.93 bits per heavy atom. The van der Waals surface area contributed by atoms with Crippen LogP contribution < -0.4 is 4.74 Å². The SMILES string of the molecule is CCCOc1c(Cl)cc(C=O)cc1Cl. The van der Waals surface area contributed by atoms with Crippen LogP contribution in [-0.2, 0) is 0 Å². The quantitative estimate of drug-likeness (QED) is 0.742. The molecule has 1 aromatic carbocycles. The van der Waals surface area contributed by atoms with Gasteiger partial charge < -0.3 is 4.74 Å². The maximum Gasteiger partial charge on any atom is 0.156 e. The summed E-state index contributed by atoms with van der Waals surface area (Å²) in [6, 6.07) is 3.07. The molecule has 0 aromatic heterocycles.